The molecule has 9 aromatic carbocycles. The minimum atomic E-state index is -1.14. The molecule has 2 heterocycles. The van der Waals surface area contributed by atoms with Crippen molar-refractivity contribution in [1.29, 1.82) is 0 Å². The van der Waals surface area contributed by atoms with Gasteiger partial charge in [0.2, 0.25) is 0 Å². The van der Waals surface area contributed by atoms with Gasteiger partial charge in [0.15, 0.2) is 0 Å². The molecule has 0 aliphatic heterocycles. The Kier molecular flexibility index (Phi) is 2.63. The molecule has 0 spiro atoms. The lowest BCUT2D eigenvalue weighted by Crippen LogP contribution is -1.92. The average molecular weight is 693 g/mol. The van der Waals surface area contributed by atoms with E-state index in [4.69, 9.17) is 32.1 Å². The molecule has 0 amide bonds. The van der Waals surface area contributed by atoms with Gasteiger partial charge in [-0.25, -0.2) is 0 Å². The summed E-state index contributed by atoms with van der Waals surface area (Å²) in [5, 5.41) is -4.50. The van der Waals surface area contributed by atoms with Gasteiger partial charge in [0.05, 0.1) is 41.1 Å². The van der Waals surface area contributed by atoms with E-state index in [-0.39, 0.29) is 16.2 Å². The summed E-state index contributed by atoms with van der Waals surface area (Å²) < 4.78 is 282. The Balaban J connectivity index is 1.31. The third kappa shape index (κ3) is 4.31. The SMILES string of the molecule is [2H]c1c([2H])c([2H])c(-c2c([2H])c([2H])c([2H])c([2H])c2-c2c3c([2H])c([2H])c([2H])c([2H])c3c(-c3c([2H])c([2H])c(-c4c([2H])c([2H])c5c(oc6c([2H])c([2H])c7oc8c([2H])c([2H])c([2H])c([2H])c8c7c65)c4[2H])c([2H])c3[2H])c3c([2H])c([2H])c([2H])c([2H])c23)c([2H])c1[2H]. The van der Waals surface area contributed by atoms with Crippen LogP contribution >= 0.6 is 0 Å². The molecule has 0 aliphatic carbocycles. The lowest BCUT2D eigenvalue weighted by Gasteiger charge is -2.19. The van der Waals surface area contributed by atoms with Crippen molar-refractivity contribution in [1.82, 2.24) is 0 Å². The molecule has 0 atom stereocenters. The minimum Gasteiger partial charge on any atom is -0.456 e. The molecule has 11 rings (SSSR count). The van der Waals surface area contributed by atoms with Gasteiger partial charge < -0.3 is 8.83 Å². The number of benzene rings is 9. The van der Waals surface area contributed by atoms with Crippen LogP contribution in [-0.2, 0) is 0 Å². The maximum absolute atomic E-state index is 9.67. The predicted molar refractivity (Wildman–Crippen MR) is 218 cm³/mol. The molecule has 0 radical (unpaired) electrons. The molecule has 0 unspecified atom stereocenters. The average Bonchev–Trinajstić information content (AvgIpc) is 1.50. The van der Waals surface area contributed by atoms with Gasteiger partial charge in [-0.1, -0.05) is 151 Å². The van der Waals surface area contributed by atoms with Gasteiger partial charge >= 0.3 is 0 Å². The van der Waals surface area contributed by atoms with Crippen LogP contribution in [0.4, 0.5) is 0 Å². The fourth-order valence-electron chi connectivity index (χ4n) is 6.37. The van der Waals surface area contributed by atoms with Crippen molar-refractivity contribution in [3.05, 3.63) is 181 Å². The van der Waals surface area contributed by atoms with E-state index in [1.807, 2.05) is 0 Å². The van der Waals surface area contributed by atoms with Crippen molar-refractivity contribution in [3.63, 3.8) is 0 Å². The summed E-state index contributed by atoms with van der Waals surface area (Å²) in [5.74, 6) is 0. The molecular formula is C50H30O2. The summed E-state index contributed by atoms with van der Waals surface area (Å²) in [4.78, 5) is 0. The molecule has 52 heavy (non-hydrogen) atoms. The van der Waals surface area contributed by atoms with Crippen LogP contribution in [0.2, 0.25) is 0 Å². The van der Waals surface area contributed by atoms with Crippen LogP contribution in [-0.4, -0.2) is 0 Å². The van der Waals surface area contributed by atoms with Crippen molar-refractivity contribution in [3.8, 4) is 44.5 Å². The van der Waals surface area contributed by atoms with Gasteiger partial charge in [-0.05, 0) is 96.3 Å². The first-order valence-electron chi connectivity index (χ1n) is 30.3. The molecule has 11 aromatic rings. The summed E-state index contributed by atoms with van der Waals surface area (Å²) in [5.41, 5.74) is -8.79. The Morgan fingerprint density at radius 3 is 1.44 bits per heavy atom. The third-order valence-electron chi connectivity index (χ3n) is 8.52. The normalized spacial score (nSPS) is 19.9. The molecule has 0 saturated carbocycles. The summed E-state index contributed by atoms with van der Waals surface area (Å²) in [7, 11) is 0. The van der Waals surface area contributed by atoms with Crippen molar-refractivity contribution in [2.24, 2.45) is 0 Å². The molecule has 2 nitrogen and oxygen atoms in total. The zero-order valence-electron chi connectivity index (χ0n) is 55.8. The van der Waals surface area contributed by atoms with Gasteiger partial charge in [-0.3, -0.25) is 0 Å². The van der Waals surface area contributed by atoms with Crippen molar-refractivity contribution in [2.75, 3.05) is 0 Å². The number of hydrogen-bond acceptors (Lipinski definition) is 2. The van der Waals surface area contributed by atoms with Crippen molar-refractivity contribution in [2.45, 2.75) is 0 Å². The molecule has 0 saturated heterocycles. The number of furan rings is 2. The minimum absolute atomic E-state index is 0.232. The molecule has 0 fully saturated rings. The van der Waals surface area contributed by atoms with Gasteiger partial charge in [0.1, 0.15) is 22.3 Å². The highest BCUT2D eigenvalue weighted by Gasteiger charge is 2.20. The number of hydrogen-bond donors (Lipinski definition) is 0. The summed E-state index contributed by atoms with van der Waals surface area (Å²) in [6.07, 6.45) is 0. The van der Waals surface area contributed by atoms with Crippen LogP contribution in [0.3, 0.4) is 0 Å². The molecular weight excluding hydrogens is 633 g/mol. The first kappa shape index (κ1) is 12.1. The Morgan fingerprint density at radius 2 is 0.769 bits per heavy atom. The standard InChI is InChI=1S/C50H30O2/c1-2-12-32(13-3-1)35-14-4-5-15-36(35)48-39-18-8-6-16-37(39)47(38-17-7-9-19-40(38)48)33-24-22-31(23-25-33)34-26-27-42-46(30-34)52-45-29-28-44-49(50(42)45)41-20-10-11-21-43(41)51-44/h1-30H/i1D,2D,3D,4D,5D,6D,7D,8D,9D,10D,11D,12D,13D,14D,15D,16D,17D,18D,19D,20D,21D,22D,23D,24D,25D,26D,27D,28D,29D,30D. The summed E-state index contributed by atoms with van der Waals surface area (Å²) in [6.45, 7) is 0. The van der Waals surface area contributed by atoms with Crippen LogP contribution in [0.15, 0.2) is 190 Å². The first-order chi connectivity index (χ1) is 38.3. The van der Waals surface area contributed by atoms with E-state index < -0.39 is 275 Å². The first-order valence-corrected chi connectivity index (χ1v) is 15.3. The van der Waals surface area contributed by atoms with E-state index in [1.165, 1.54) is 0 Å². The lowest BCUT2D eigenvalue weighted by atomic mass is 9.83. The van der Waals surface area contributed by atoms with Gasteiger partial charge in [-0.2, -0.15) is 0 Å². The molecule has 2 aromatic heterocycles. The highest BCUT2D eigenvalue weighted by atomic mass is 16.3. The zero-order valence-corrected chi connectivity index (χ0v) is 25.8. The van der Waals surface area contributed by atoms with Gasteiger partial charge in [-0.15, -0.1) is 0 Å². The van der Waals surface area contributed by atoms with E-state index in [1.54, 1.807) is 0 Å². The molecule has 0 N–H and O–H groups in total. The predicted octanol–water partition coefficient (Wildman–Crippen LogP) is 14.5. The second-order valence-electron chi connectivity index (χ2n) is 11.3. The van der Waals surface area contributed by atoms with Crippen LogP contribution in [0.1, 0.15) is 41.1 Å². The maximum atomic E-state index is 9.67. The fraction of sp³-hybridized carbons (Fsp3) is 0. The Morgan fingerprint density at radius 1 is 0.288 bits per heavy atom. The molecule has 0 aliphatic rings. The fourth-order valence-corrected chi connectivity index (χ4v) is 6.37. The third-order valence-corrected chi connectivity index (χ3v) is 8.52. The van der Waals surface area contributed by atoms with E-state index >= 15 is 0 Å². The maximum Gasteiger partial charge on any atom is 0.136 e. The van der Waals surface area contributed by atoms with Crippen LogP contribution in [0.25, 0.3) is 110 Å². The van der Waals surface area contributed by atoms with E-state index in [9.17, 15) is 17.8 Å². The van der Waals surface area contributed by atoms with E-state index in [0.717, 1.165) is 0 Å². The Labute approximate surface area is 341 Å². The number of fused-ring (bicyclic) bond motifs is 9. The second kappa shape index (κ2) is 11.3. The van der Waals surface area contributed by atoms with Crippen LogP contribution in [0, 0.1) is 0 Å². The summed E-state index contributed by atoms with van der Waals surface area (Å²) in [6, 6.07) is -28.8. The van der Waals surface area contributed by atoms with Crippen LogP contribution < -0.4 is 0 Å². The van der Waals surface area contributed by atoms with E-state index in [0.29, 0.717) is 0 Å². The largest absolute Gasteiger partial charge is 0.456 e. The highest BCUT2D eigenvalue weighted by molar-refractivity contribution is 6.26. The lowest BCUT2D eigenvalue weighted by molar-refractivity contribution is 0.663. The Hall–Kier alpha value is -6.90. The molecule has 0 bridgehead atoms. The highest BCUT2D eigenvalue weighted by Crippen LogP contribution is 2.46. The smallest absolute Gasteiger partial charge is 0.136 e. The summed E-state index contributed by atoms with van der Waals surface area (Å²) >= 11 is 0. The second-order valence-corrected chi connectivity index (χ2v) is 11.3. The van der Waals surface area contributed by atoms with Crippen molar-refractivity contribution < 1.29 is 50.0 Å². The number of para-hydroxylation sites is 1. The van der Waals surface area contributed by atoms with Crippen molar-refractivity contribution >= 4 is 65.4 Å². The van der Waals surface area contributed by atoms with Gasteiger partial charge in [0.25, 0.3) is 0 Å². The van der Waals surface area contributed by atoms with Gasteiger partial charge in [0, 0.05) is 21.5 Å². The number of rotatable bonds is 4. The van der Waals surface area contributed by atoms with Crippen LogP contribution in [0.5, 0.6) is 0 Å². The Bertz CT molecular complexity index is 4780. The molecule has 2 heteroatoms. The molecule has 242 valence electrons. The monoisotopic (exact) mass is 692 g/mol. The quantitative estimate of drug-likeness (QED) is 0.172. The zero-order chi connectivity index (χ0) is 60.3. The topological polar surface area (TPSA) is 26.3 Å². The van der Waals surface area contributed by atoms with E-state index in [2.05, 4.69) is 0 Å².